The number of nitrogens with one attached hydrogen (secondary N) is 2. The van der Waals surface area contributed by atoms with Crippen LogP contribution in [0.15, 0.2) is 82.6 Å². The average molecular weight is 436 g/mol. The van der Waals surface area contributed by atoms with Crippen LogP contribution >= 0.6 is 0 Å². The Morgan fingerprint density at radius 3 is 2.21 bits per heavy atom. The van der Waals surface area contributed by atoms with Crippen LogP contribution in [0.1, 0.15) is 0 Å². The van der Waals surface area contributed by atoms with E-state index in [1.165, 1.54) is 61.7 Å². The molecule has 0 spiro atoms. The maximum atomic E-state index is 13.8. The Bertz CT molecular complexity index is 1240. The van der Waals surface area contributed by atoms with Crippen LogP contribution in [-0.4, -0.2) is 23.9 Å². The molecule has 3 rings (SSSR count). The monoisotopic (exact) mass is 436 g/mol. The maximum Gasteiger partial charge on any atom is 0.265 e. The van der Waals surface area contributed by atoms with Gasteiger partial charge in [-0.1, -0.05) is 30.3 Å². The molecular weight excluding hydrogens is 419 g/mol. The molecule has 0 saturated carbocycles. The zero-order valence-corrected chi connectivity index (χ0v) is 16.8. The highest BCUT2D eigenvalue weighted by molar-refractivity contribution is 7.93. The number of hydrogen-bond acceptors (Lipinski definition) is 5. The molecule has 3 aromatic carbocycles. The molecule has 0 bridgehead atoms. The minimum Gasteiger partial charge on any atom is -0.495 e. The SMILES string of the molecule is COc1ccccc1S(=O)(=O)Nc1cccc(S(=O)(=O)Nc2ccccc2F)c1. The molecule has 10 heteroatoms. The van der Waals surface area contributed by atoms with Gasteiger partial charge in [-0.05, 0) is 42.5 Å². The van der Waals surface area contributed by atoms with E-state index in [9.17, 15) is 21.2 Å². The van der Waals surface area contributed by atoms with Gasteiger partial charge in [-0.2, -0.15) is 0 Å². The van der Waals surface area contributed by atoms with E-state index < -0.39 is 25.9 Å². The molecule has 0 aliphatic rings. The standard InChI is InChI=1S/C19H17FN2O5S2/c1-27-18-11-4-5-12-19(18)29(25,26)21-14-7-6-8-15(13-14)28(23,24)22-17-10-3-2-9-16(17)20/h2-13,21-22H,1H3. The Morgan fingerprint density at radius 1 is 0.793 bits per heavy atom. The molecule has 0 aliphatic carbocycles. The lowest BCUT2D eigenvalue weighted by Gasteiger charge is -2.13. The van der Waals surface area contributed by atoms with Gasteiger partial charge < -0.3 is 4.74 Å². The largest absolute Gasteiger partial charge is 0.495 e. The number of methoxy groups -OCH3 is 1. The summed E-state index contributed by atoms with van der Waals surface area (Å²) in [6.45, 7) is 0. The van der Waals surface area contributed by atoms with Crippen LogP contribution in [0.5, 0.6) is 5.75 Å². The highest BCUT2D eigenvalue weighted by Gasteiger charge is 2.21. The molecule has 0 fully saturated rings. The number of rotatable bonds is 7. The van der Waals surface area contributed by atoms with Crippen LogP contribution in [0.25, 0.3) is 0 Å². The molecule has 0 atom stereocenters. The molecule has 0 saturated heterocycles. The first-order valence-electron chi connectivity index (χ1n) is 8.26. The molecule has 0 aromatic heterocycles. The fourth-order valence-corrected chi connectivity index (χ4v) is 4.86. The summed E-state index contributed by atoms with van der Waals surface area (Å²) in [6, 6.07) is 16.5. The van der Waals surface area contributed by atoms with Crippen LogP contribution in [0.3, 0.4) is 0 Å². The van der Waals surface area contributed by atoms with Gasteiger partial charge >= 0.3 is 0 Å². The number of para-hydroxylation sites is 2. The van der Waals surface area contributed by atoms with Gasteiger partial charge in [0, 0.05) is 0 Å². The Morgan fingerprint density at radius 2 is 1.48 bits per heavy atom. The molecule has 3 aromatic rings. The van der Waals surface area contributed by atoms with E-state index in [0.29, 0.717) is 0 Å². The van der Waals surface area contributed by atoms with E-state index in [-0.39, 0.29) is 26.9 Å². The Labute approximate surface area is 168 Å². The van der Waals surface area contributed by atoms with Crippen molar-refractivity contribution in [1.29, 1.82) is 0 Å². The second kappa shape index (κ2) is 8.10. The lowest BCUT2D eigenvalue weighted by molar-refractivity contribution is 0.403. The number of benzene rings is 3. The van der Waals surface area contributed by atoms with Gasteiger partial charge in [0.05, 0.1) is 23.4 Å². The van der Waals surface area contributed by atoms with Crippen molar-refractivity contribution in [2.45, 2.75) is 9.79 Å². The van der Waals surface area contributed by atoms with Crippen molar-refractivity contribution in [1.82, 2.24) is 0 Å². The second-order valence-electron chi connectivity index (χ2n) is 5.87. The van der Waals surface area contributed by atoms with Crippen molar-refractivity contribution in [3.8, 4) is 5.75 Å². The Balaban J connectivity index is 1.90. The van der Waals surface area contributed by atoms with Gasteiger partial charge in [0.15, 0.2) is 0 Å². The van der Waals surface area contributed by atoms with Crippen LogP contribution in [0, 0.1) is 5.82 Å². The summed E-state index contributed by atoms with van der Waals surface area (Å²) >= 11 is 0. The zero-order valence-electron chi connectivity index (χ0n) is 15.2. The van der Waals surface area contributed by atoms with Crippen LogP contribution < -0.4 is 14.2 Å². The molecule has 29 heavy (non-hydrogen) atoms. The predicted molar refractivity (Wildman–Crippen MR) is 107 cm³/mol. The minimum absolute atomic E-state index is 0.0207. The van der Waals surface area contributed by atoms with Crippen LogP contribution in [0.4, 0.5) is 15.8 Å². The summed E-state index contributed by atoms with van der Waals surface area (Å²) in [7, 11) is -6.83. The fourth-order valence-electron chi connectivity index (χ4n) is 2.53. The highest BCUT2D eigenvalue weighted by atomic mass is 32.2. The first kappa shape index (κ1) is 20.6. The molecule has 0 aliphatic heterocycles. The third kappa shape index (κ3) is 4.66. The summed E-state index contributed by atoms with van der Waals surface area (Å²) in [4.78, 5) is -0.332. The quantitative estimate of drug-likeness (QED) is 0.591. The first-order valence-corrected chi connectivity index (χ1v) is 11.2. The molecule has 0 heterocycles. The lowest BCUT2D eigenvalue weighted by atomic mass is 10.3. The van der Waals surface area contributed by atoms with Gasteiger partial charge in [-0.25, -0.2) is 21.2 Å². The number of hydrogen-bond donors (Lipinski definition) is 2. The van der Waals surface area contributed by atoms with Crippen molar-refractivity contribution in [3.05, 3.63) is 78.6 Å². The predicted octanol–water partition coefficient (Wildman–Crippen LogP) is 3.44. The third-order valence-corrected chi connectivity index (χ3v) is 6.66. The van der Waals surface area contributed by atoms with Crippen molar-refractivity contribution in [3.63, 3.8) is 0 Å². The molecule has 2 N–H and O–H groups in total. The lowest BCUT2D eigenvalue weighted by Crippen LogP contribution is -2.16. The van der Waals surface area contributed by atoms with Crippen molar-refractivity contribution in [2.75, 3.05) is 16.6 Å². The number of sulfonamides is 2. The third-order valence-electron chi connectivity index (χ3n) is 3.87. The maximum absolute atomic E-state index is 13.8. The van der Waals surface area contributed by atoms with Gasteiger partial charge in [0.25, 0.3) is 20.0 Å². The molecule has 7 nitrogen and oxygen atoms in total. The Hall–Kier alpha value is -3.11. The van der Waals surface area contributed by atoms with E-state index in [4.69, 9.17) is 4.74 Å². The topological polar surface area (TPSA) is 102 Å². The van der Waals surface area contributed by atoms with E-state index in [1.54, 1.807) is 6.07 Å². The van der Waals surface area contributed by atoms with Crippen molar-refractivity contribution >= 4 is 31.4 Å². The van der Waals surface area contributed by atoms with Crippen molar-refractivity contribution in [2.24, 2.45) is 0 Å². The summed E-state index contributed by atoms with van der Waals surface area (Å²) in [5.74, 6) is -0.589. The summed E-state index contributed by atoms with van der Waals surface area (Å²) < 4.78 is 73.8. The summed E-state index contributed by atoms with van der Waals surface area (Å²) in [5, 5.41) is 0. The number of anilines is 2. The highest BCUT2D eigenvalue weighted by Crippen LogP contribution is 2.26. The smallest absolute Gasteiger partial charge is 0.265 e. The fraction of sp³-hybridized carbons (Fsp3) is 0.0526. The van der Waals surface area contributed by atoms with Gasteiger partial charge in [-0.3, -0.25) is 9.44 Å². The summed E-state index contributed by atoms with van der Waals surface area (Å²) in [6.07, 6.45) is 0. The van der Waals surface area contributed by atoms with E-state index >= 15 is 0 Å². The first-order chi connectivity index (χ1) is 13.7. The van der Waals surface area contributed by atoms with E-state index in [0.717, 1.165) is 12.1 Å². The zero-order chi connectivity index (χ0) is 21.1. The second-order valence-corrected chi connectivity index (χ2v) is 9.20. The van der Waals surface area contributed by atoms with Crippen LogP contribution in [0.2, 0.25) is 0 Å². The van der Waals surface area contributed by atoms with Gasteiger partial charge in [0.2, 0.25) is 0 Å². The average Bonchev–Trinajstić information content (AvgIpc) is 2.69. The molecule has 152 valence electrons. The number of ether oxygens (including phenoxy) is 1. The van der Waals surface area contributed by atoms with E-state index in [1.807, 2.05) is 0 Å². The molecule has 0 amide bonds. The molecular formula is C19H17FN2O5S2. The molecule has 0 radical (unpaired) electrons. The normalized spacial score (nSPS) is 11.7. The van der Waals surface area contributed by atoms with Crippen molar-refractivity contribution < 1.29 is 26.0 Å². The molecule has 0 unspecified atom stereocenters. The minimum atomic E-state index is -4.14. The Kier molecular flexibility index (Phi) is 5.76. The van der Waals surface area contributed by atoms with Crippen LogP contribution in [-0.2, 0) is 20.0 Å². The van der Waals surface area contributed by atoms with Gasteiger partial charge in [0.1, 0.15) is 16.5 Å². The van der Waals surface area contributed by atoms with Gasteiger partial charge in [-0.15, -0.1) is 0 Å². The summed E-state index contributed by atoms with van der Waals surface area (Å²) in [5.41, 5.74) is -0.195. The van der Waals surface area contributed by atoms with E-state index in [2.05, 4.69) is 9.44 Å². The number of halogens is 1.